The molecule has 4 N–H and O–H groups in total. The van der Waals surface area contributed by atoms with Gasteiger partial charge >= 0.3 is 0 Å². The molecule has 1 unspecified atom stereocenters. The minimum absolute atomic E-state index is 0.0235. The van der Waals surface area contributed by atoms with E-state index in [2.05, 4.69) is 29.7 Å². The Kier molecular flexibility index (Phi) is 12.9. The molecule has 5 amide bonds. The van der Waals surface area contributed by atoms with Crippen molar-refractivity contribution in [2.45, 2.75) is 57.7 Å². The van der Waals surface area contributed by atoms with Gasteiger partial charge < -0.3 is 30.7 Å². The largest absolute Gasteiger partial charge is 0.377 e. The second-order valence-electron chi connectivity index (χ2n) is 10.2. The number of amides is 5. The molecule has 2 aliphatic heterocycles. The molecule has 1 aromatic carbocycles. The van der Waals surface area contributed by atoms with Crippen LogP contribution in [0.5, 0.6) is 0 Å². The summed E-state index contributed by atoms with van der Waals surface area (Å²) in [5.74, 6) is -1.38. The Morgan fingerprint density at radius 3 is 2.39 bits per heavy atom. The van der Waals surface area contributed by atoms with Gasteiger partial charge in [-0.05, 0) is 43.7 Å². The molecule has 12 nitrogen and oxygen atoms in total. The molecule has 12 heteroatoms. The number of hydrogen-bond donors (Lipinski definition) is 3. The van der Waals surface area contributed by atoms with Gasteiger partial charge in [-0.3, -0.25) is 28.9 Å². The predicted molar refractivity (Wildman–Crippen MR) is 150 cm³/mol. The molecule has 0 saturated carbocycles. The van der Waals surface area contributed by atoms with Crippen LogP contribution in [-0.4, -0.2) is 97.5 Å². The number of unbranched alkanes of at least 4 members (excludes halogenated alkanes) is 1. The average Bonchev–Trinajstić information content (AvgIpc) is 3.28. The lowest BCUT2D eigenvalue weighted by Crippen LogP contribution is -2.49. The number of imide groups is 1. The molecule has 0 aromatic heterocycles. The van der Waals surface area contributed by atoms with E-state index in [1.807, 2.05) is 17.0 Å². The number of ether oxygens (including phenoxy) is 2. The van der Waals surface area contributed by atoms with E-state index in [0.29, 0.717) is 25.9 Å². The molecule has 2 heterocycles. The molecular formula is C29H41N5O7. The third kappa shape index (κ3) is 10.4. The topological polar surface area (TPSA) is 160 Å². The van der Waals surface area contributed by atoms with Gasteiger partial charge in [0, 0.05) is 50.8 Å². The number of nitrogens with zero attached hydrogens (tertiary/aromatic N) is 2. The van der Waals surface area contributed by atoms with Gasteiger partial charge in [-0.25, -0.2) is 0 Å². The van der Waals surface area contributed by atoms with Crippen LogP contribution in [-0.2, 0) is 46.4 Å². The average molecular weight is 572 g/mol. The third-order valence-corrected chi connectivity index (χ3v) is 7.01. The summed E-state index contributed by atoms with van der Waals surface area (Å²) in [6.07, 6.45) is 5.21. The SMILES string of the molecule is C[C@@H]1Cc2ccccc2CN1C(=O)C(N)CCCCNC(=O)COCCOCCNC(=O)CCN1C(=O)C=CC1=O. The lowest BCUT2D eigenvalue weighted by molar-refractivity contribution is -0.138. The van der Waals surface area contributed by atoms with E-state index >= 15 is 0 Å². The molecule has 41 heavy (non-hydrogen) atoms. The Bertz CT molecular complexity index is 1090. The predicted octanol–water partition coefficient (Wildman–Crippen LogP) is 0.0381. The Labute approximate surface area is 240 Å². The Hall–Kier alpha value is -3.61. The fourth-order valence-electron chi connectivity index (χ4n) is 4.68. The molecule has 0 fully saturated rings. The molecule has 2 aliphatic rings. The van der Waals surface area contributed by atoms with Gasteiger partial charge in [-0.15, -0.1) is 0 Å². The summed E-state index contributed by atoms with van der Waals surface area (Å²) in [5.41, 5.74) is 8.66. The van der Waals surface area contributed by atoms with Crippen LogP contribution in [0.4, 0.5) is 0 Å². The first-order valence-electron chi connectivity index (χ1n) is 14.1. The van der Waals surface area contributed by atoms with Crippen LogP contribution in [0.15, 0.2) is 36.4 Å². The second-order valence-corrected chi connectivity index (χ2v) is 10.2. The number of nitrogens with two attached hydrogens (primary N) is 1. The molecular weight excluding hydrogens is 530 g/mol. The van der Waals surface area contributed by atoms with Crippen molar-refractivity contribution in [1.82, 2.24) is 20.4 Å². The van der Waals surface area contributed by atoms with Crippen LogP contribution in [0.3, 0.4) is 0 Å². The second kappa shape index (κ2) is 16.6. The van der Waals surface area contributed by atoms with Gasteiger partial charge in [0.1, 0.15) is 6.61 Å². The molecule has 0 radical (unpaired) electrons. The number of hydrogen-bond acceptors (Lipinski definition) is 8. The van der Waals surface area contributed by atoms with Crippen LogP contribution < -0.4 is 16.4 Å². The Balaban J connectivity index is 1.13. The zero-order valence-electron chi connectivity index (χ0n) is 23.6. The van der Waals surface area contributed by atoms with Crippen molar-refractivity contribution in [1.29, 1.82) is 0 Å². The van der Waals surface area contributed by atoms with E-state index in [-0.39, 0.29) is 69.7 Å². The van der Waals surface area contributed by atoms with Crippen molar-refractivity contribution in [3.63, 3.8) is 0 Å². The quantitative estimate of drug-likeness (QED) is 0.175. The molecule has 224 valence electrons. The highest BCUT2D eigenvalue weighted by Crippen LogP contribution is 2.24. The fraction of sp³-hybridized carbons (Fsp3) is 0.552. The van der Waals surface area contributed by atoms with E-state index in [0.717, 1.165) is 17.7 Å². The minimum atomic E-state index is -0.557. The summed E-state index contributed by atoms with van der Waals surface area (Å²) in [6, 6.07) is 7.74. The summed E-state index contributed by atoms with van der Waals surface area (Å²) < 4.78 is 10.7. The van der Waals surface area contributed by atoms with Crippen LogP contribution in [0.2, 0.25) is 0 Å². The molecule has 0 spiro atoms. The Morgan fingerprint density at radius 2 is 1.63 bits per heavy atom. The van der Waals surface area contributed by atoms with Crippen LogP contribution in [0, 0.1) is 0 Å². The van der Waals surface area contributed by atoms with Crippen molar-refractivity contribution in [2.75, 3.05) is 46.1 Å². The maximum Gasteiger partial charge on any atom is 0.253 e. The first-order chi connectivity index (χ1) is 19.8. The molecule has 0 saturated heterocycles. The number of rotatable bonds is 17. The van der Waals surface area contributed by atoms with E-state index in [1.165, 1.54) is 23.3 Å². The minimum Gasteiger partial charge on any atom is -0.377 e. The highest BCUT2D eigenvalue weighted by Gasteiger charge is 2.29. The summed E-state index contributed by atoms with van der Waals surface area (Å²) in [5, 5.41) is 5.44. The first kappa shape index (κ1) is 31.9. The Morgan fingerprint density at radius 1 is 0.951 bits per heavy atom. The fourth-order valence-corrected chi connectivity index (χ4v) is 4.68. The number of nitrogens with one attached hydrogen (secondary N) is 2. The number of carbonyl (C=O) groups is 5. The molecule has 2 atom stereocenters. The maximum absolute atomic E-state index is 12.9. The normalized spacial score (nSPS) is 17.0. The van der Waals surface area contributed by atoms with Gasteiger partial charge in [0.05, 0.1) is 25.9 Å². The van der Waals surface area contributed by atoms with Crippen molar-refractivity contribution in [3.8, 4) is 0 Å². The monoisotopic (exact) mass is 571 g/mol. The lowest BCUT2D eigenvalue weighted by atomic mass is 9.94. The highest BCUT2D eigenvalue weighted by molar-refractivity contribution is 6.13. The van der Waals surface area contributed by atoms with Crippen LogP contribution in [0.1, 0.15) is 43.7 Å². The standard InChI is InChI=1S/C29H41N5O7/c1-21-18-22-6-2-3-7-23(22)19-34(21)29(39)24(30)8-4-5-12-31-26(36)20-41-17-16-40-15-13-32-25(35)11-14-33-27(37)9-10-28(33)38/h2-3,6-7,9-10,21,24H,4-5,8,11-20,30H2,1H3,(H,31,36)(H,32,35)/t21-,24?/m1/s1. The van der Waals surface area contributed by atoms with Crippen LogP contribution in [0.25, 0.3) is 0 Å². The lowest BCUT2D eigenvalue weighted by Gasteiger charge is -2.36. The summed E-state index contributed by atoms with van der Waals surface area (Å²) in [4.78, 5) is 62.4. The summed E-state index contributed by atoms with van der Waals surface area (Å²) >= 11 is 0. The van der Waals surface area contributed by atoms with E-state index < -0.39 is 17.9 Å². The molecule has 1 aromatic rings. The molecule has 3 rings (SSSR count). The van der Waals surface area contributed by atoms with Crippen molar-refractivity contribution in [2.24, 2.45) is 5.73 Å². The van der Waals surface area contributed by atoms with Crippen molar-refractivity contribution < 1.29 is 33.4 Å². The van der Waals surface area contributed by atoms with Gasteiger partial charge in [0.15, 0.2) is 0 Å². The van der Waals surface area contributed by atoms with E-state index in [9.17, 15) is 24.0 Å². The summed E-state index contributed by atoms with van der Waals surface area (Å²) in [7, 11) is 0. The van der Waals surface area contributed by atoms with Gasteiger partial charge in [0.25, 0.3) is 11.8 Å². The van der Waals surface area contributed by atoms with E-state index in [4.69, 9.17) is 15.2 Å². The number of fused-ring (bicyclic) bond motifs is 1. The number of benzene rings is 1. The van der Waals surface area contributed by atoms with Crippen molar-refractivity contribution >= 4 is 29.5 Å². The van der Waals surface area contributed by atoms with Gasteiger partial charge in [-0.2, -0.15) is 0 Å². The first-order valence-corrected chi connectivity index (χ1v) is 14.1. The highest BCUT2D eigenvalue weighted by atomic mass is 16.5. The van der Waals surface area contributed by atoms with E-state index in [1.54, 1.807) is 0 Å². The zero-order valence-corrected chi connectivity index (χ0v) is 23.6. The number of carbonyl (C=O) groups excluding carboxylic acids is 5. The third-order valence-electron chi connectivity index (χ3n) is 7.01. The van der Waals surface area contributed by atoms with Gasteiger partial charge in [-0.1, -0.05) is 24.3 Å². The smallest absolute Gasteiger partial charge is 0.253 e. The molecule has 0 aliphatic carbocycles. The zero-order chi connectivity index (χ0) is 29.6. The van der Waals surface area contributed by atoms with Gasteiger partial charge in [0.2, 0.25) is 17.7 Å². The van der Waals surface area contributed by atoms with Crippen LogP contribution >= 0.6 is 0 Å². The summed E-state index contributed by atoms with van der Waals surface area (Å²) in [6.45, 7) is 4.10. The molecule has 0 bridgehead atoms. The van der Waals surface area contributed by atoms with Crippen molar-refractivity contribution in [3.05, 3.63) is 47.5 Å². The maximum atomic E-state index is 12.9.